The number of nitrogens with zero attached hydrogens (tertiary/aromatic N) is 3. The summed E-state index contributed by atoms with van der Waals surface area (Å²) >= 11 is 0. The molecule has 0 saturated heterocycles. The third-order valence-electron chi connectivity index (χ3n) is 5.38. The minimum Gasteiger partial charge on any atom is -0.481 e. The van der Waals surface area contributed by atoms with Gasteiger partial charge in [0.1, 0.15) is 0 Å². The monoisotopic (exact) mass is 479 g/mol. The highest BCUT2D eigenvalue weighted by Crippen LogP contribution is 2.27. The third kappa shape index (κ3) is 8.23. The Morgan fingerprint density at radius 3 is 1.94 bits per heavy atom. The van der Waals surface area contributed by atoms with Crippen LogP contribution in [0.1, 0.15) is 76.2 Å². The van der Waals surface area contributed by atoms with Gasteiger partial charge in [-0.2, -0.15) is 4.98 Å². The summed E-state index contributed by atoms with van der Waals surface area (Å²) in [6.07, 6.45) is -1.33. The Balaban J connectivity index is 0.000000385. The molecule has 2 aromatic rings. The lowest BCUT2D eigenvalue weighted by Gasteiger charge is -2.22. The predicted octanol–water partition coefficient (Wildman–Crippen LogP) is 2.77. The van der Waals surface area contributed by atoms with Gasteiger partial charge in [-0.05, 0) is 32.0 Å². The van der Waals surface area contributed by atoms with E-state index in [1.54, 1.807) is 0 Å². The van der Waals surface area contributed by atoms with Gasteiger partial charge in [-0.15, -0.1) is 0 Å². The highest BCUT2D eigenvalue weighted by atomic mass is 16.5. The average molecular weight is 480 g/mol. The normalized spacial score (nSPS) is 13.0. The molecule has 0 aliphatic carbocycles. The number of aliphatic hydroxyl groups is 1. The largest absolute Gasteiger partial charge is 0.481 e. The minimum absolute atomic E-state index is 0.162. The van der Waals surface area contributed by atoms with Gasteiger partial charge in [0.25, 0.3) is 0 Å². The van der Waals surface area contributed by atoms with E-state index in [9.17, 15) is 14.4 Å². The maximum absolute atomic E-state index is 10.3. The standard InChI is InChI=1S/C17H25N3O.C6H8O7/c1-5-15(14-11-9-8-10-12-14)16-18-17(21-19-16)13(4)20(6-2)7-3;7-3(8)1-6(13,5(11)12)2-4(9)10/h8-13,15H,5-7H2,1-4H3;13H,1-2H2,(H,7,8)(H,9,10)(H,11,12). The average Bonchev–Trinajstić information content (AvgIpc) is 3.25. The van der Waals surface area contributed by atoms with Crippen LogP contribution in [0.4, 0.5) is 0 Å². The molecule has 0 saturated carbocycles. The lowest BCUT2D eigenvalue weighted by atomic mass is 9.96. The van der Waals surface area contributed by atoms with Gasteiger partial charge in [-0.1, -0.05) is 56.3 Å². The molecule has 188 valence electrons. The van der Waals surface area contributed by atoms with Gasteiger partial charge in [0.15, 0.2) is 11.4 Å². The number of carbonyl (C=O) groups is 3. The van der Waals surface area contributed by atoms with Crippen molar-refractivity contribution in [3.8, 4) is 0 Å². The molecule has 0 aliphatic rings. The number of aromatic nitrogens is 2. The maximum atomic E-state index is 10.3. The van der Waals surface area contributed by atoms with Gasteiger partial charge in [-0.3, -0.25) is 14.5 Å². The molecular weight excluding hydrogens is 446 g/mol. The molecular formula is C23H33N3O8. The Morgan fingerprint density at radius 2 is 1.53 bits per heavy atom. The van der Waals surface area contributed by atoms with Crippen LogP contribution in [0.3, 0.4) is 0 Å². The molecule has 4 N–H and O–H groups in total. The quantitative estimate of drug-likeness (QED) is 0.352. The third-order valence-corrected chi connectivity index (χ3v) is 5.38. The van der Waals surface area contributed by atoms with E-state index in [2.05, 4.69) is 67.0 Å². The fourth-order valence-electron chi connectivity index (χ4n) is 3.45. The Bertz CT molecular complexity index is 911. The first kappa shape index (κ1) is 28.7. The first-order chi connectivity index (χ1) is 16.0. The number of hydrogen-bond donors (Lipinski definition) is 4. The van der Waals surface area contributed by atoms with E-state index in [4.69, 9.17) is 24.9 Å². The van der Waals surface area contributed by atoms with Crippen LogP contribution in [0, 0.1) is 0 Å². The van der Waals surface area contributed by atoms with Crippen LogP contribution in [0.15, 0.2) is 34.9 Å². The van der Waals surface area contributed by atoms with E-state index in [-0.39, 0.29) is 12.0 Å². The number of aliphatic carboxylic acids is 3. The smallest absolute Gasteiger partial charge is 0.336 e. The second-order valence-corrected chi connectivity index (χ2v) is 7.74. The SMILES string of the molecule is CCC(c1ccccc1)c1noc(C(C)N(CC)CC)n1.O=C(O)CC(O)(CC(=O)O)C(=O)O. The van der Waals surface area contributed by atoms with Crippen LogP contribution in [0.2, 0.25) is 0 Å². The molecule has 11 heteroatoms. The zero-order valence-corrected chi connectivity index (χ0v) is 19.8. The summed E-state index contributed by atoms with van der Waals surface area (Å²) in [5.74, 6) is -3.32. The van der Waals surface area contributed by atoms with Gasteiger partial charge < -0.3 is 24.9 Å². The molecule has 0 aliphatic heterocycles. The van der Waals surface area contributed by atoms with Crippen LogP contribution in [-0.4, -0.2) is 72.1 Å². The summed E-state index contributed by atoms with van der Waals surface area (Å²) in [5.41, 5.74) is -1.50. The molecule has 0 amide bonds. The second-order valence-electron chi connectivity index (χ2n) is 7.74. The van der Waals surface area contributed by atoms with Crippen molar-refractivity contribution in [2.24, 2.45) is 0 Å². The van der Waals surface area contributed by atoms with E-state index in [0.717, 1.165) is 25.3 Å². The lowest BCUT2D eigenvalue weighted by Crippen LogP contribution is -2.42. The van der Waals surface area contributed by atoms with E-state index < -0.39 is 36.4 Å². The van der Waals surface area contributed by atoms with Crippen LogP contribution in [0.5, 0.6) is 0 Å². The molecule has 2 rings (SSSR count). The van der Waals surface area contributed by atoms with Gasteiger partial charge >= 0.3 is 17.9 Å². The highest BCUT2D eigenvalue weighted by molar-refractivity contribution is 5.88. The van der Waals surface area contributed by atoms with E-state index in [1.165, 1.54) is 5.56 Å². The molecule has 2 unspecified atom stereocenters. The topological polar surface area (TPSA) is 174 Å². The summed E-state index contributed by atoms with van der Waals surface area (Å²) in [6.45, 7) is 10.5. The van der Waals surface area contributed by atoms with Crippen molar-refractivity contribution in [2.75, 3.05) is 13.1 Å². The lowest BCUT2D eigenvalue weighted by molar-refractivity contribution is -0.170. The van der Waals surface area contributed by atoms with Crippen molar-refractivity contribution in [2.45, 2.75) is 64.5 Å². The van der Waals surface area contributed by atoms with Crippen molar-refractivity contribution in [1.82, 2.24) is 15.0 Å². The zero-order valence-electron chi connectivity index (χ0n) is 19.8. The first-order valence-electron chi connectivity index (χ1n) is 11.0. The van der Waals surface area contributed by atoms with Crippen molar-refractivity contribution in [1.29, 1.82) is 0 Å². The van der Waals surface area contributed by atoms with Gasteiger partial charge in [-0.25, -0.2) is 4.79 Å². The fraction of sp³-hybridized carbons (Fsp3) is 0.522. The molecule has 1 aromatic carbocycles. The zero-order chi connectivity index (χ0) is 25.9. The van der Waals surface area contributed by atoms with Crippen LogP contribution >= 0.6 is 0 Å². The van der Waals surface area contributed by atoms with Gasteiger partial charge in [0.05, 0.1) is 18.9 Å². The van der Waals surface area contributed by atoms with E-state index in [1.807, 2.05) is 6.07 Å². The summed E-state index contributed by atoms with van der Waals surface area (Å²) in [6, 6.07) is 10.5. The Labute approximate surface area is 198 Å². The van der Waals surface area contributed by atoms with Crippen molar-refractivity contribution in [3.05, 3.63) is 47.6 Å². The fourth-order valence-corrected chi connectivity index (χ4v) is 3.45. The second kappa shape index (κ2) is 13.4. The Hall–Kier alpha value is -3.31. The van der Waals surface area contributed by atoms with Gasteiger partial charge in [0, 0.05) is 5.92 Å². The molecule has 2 atom stereocenters. The van der Waals surface area contributed by atoms with Crippen LogP contribution in [0.25, 0.3) is 0 Å². The number of hydrogen-bond acceptors (Lipinski definition) is 8. The number of carboxylic acid groups (broad SMARTS) is 3. The molecule has 34 heavy (non-hydrogen) atoms. The maximum Gasteiger partial charge on any atom is 0.336 e. The summed E-state index contributed by atoms with van der Waals surface area (Å²) in [5, 5.41) is 38.0. The van der Waals surface area contributed by atoms with Crippen LogP contribution in [-0.2, 0) is 14.4 Å². The van der Waals surface area contributed by atoms with E-state index in [0.29, 0.717) is 5.89 Å². The summed E-state index contributed by atoms with van der Waals surface area (Å²) in [7, 11) is 0. The number of carboxylic acids is 3. The van der Waals surface area contributed by atoms with Crippen molar-refractivity contribution in [3.63, 3.8) is 0 Å². The first-order valence-corrected chi connectivity index (χ1v) is 11.0. The molecule has 0 fully saturated rings. The minimum atomic E-state index is -2.74. The molecule has 1 aromatic heterocycles. The molecule has 0 spiro atoms. The van der Waals surface area contributed by atoms with Crippen LogP contribution < -0.4 is 0 Å². The van der Waals surface area contributed by atoms with Crippen molar-refractivity contribution < 1.29 is 39.3 Å². The highest BCUT2D eigenvalue weighted by Gasteiger charge is 2.40. The van der Waals surface area contributed by atoms with Crippen molar-refractivity contribution >= 4 is 17.9 Å². The summed E-state index contributed by atoms with van der Waals surface area (Å²) in [4.78, 5) is 37.4. The Morgan fingerprint density at radius 1 is 1.00 bits per heavy atom. The number of benzene rings is 1. The Kier molecular flexibility index (Phi) is 11.3. The van der Waals surface area contributed by atoms with E-state index >= 15 is 0 Å². The number of rotatable bonds is 12. The summed E-state index contributed by atoms with van der Waals surface area (Å²) < 4.78 is 5.51. The predicted molar refractivity (Wildman–Crippen MR) is 121 cm³/mol. The molecule has 0 radical (unpaired) electrons. The molecule has 11 nitrogen and oxygen atoms in total. The molecule has 0 bridgehead atoms. The van der Waals surface area contributed by atoms with Gasteiger partial charge in [0.2, 0.25) is 5.89 Å². The molecule has 1 heterocycles.